The van der Waals surface area contributed by atoms with Crippen molar-refractivity contribution in [1.82, 2.24) is 5.32 Å². The van der Waals surface area contributed by atoms with Gasteiger partial charge < -0.3 is 5.32 Å². The molecule has 0 fully saturated rings. The average Bonchev–Trinajstić information content (AvgIpc) is 2.65. The fourth-order valence-electron chi connectivity index (χ4n) is 2.90. The lowest BCUT2D eigenvalue weighted by molar-refractivity contribution is -0.115. The third-order valence-electron chi connectivity index (χ3n) is 4.47. The number of allylic oxidation sites excluding steroid dienone is 2. The van der Waals surface area contributed by atoms with Crippen LogP contribution in [0, 0.1) is 0 Å². The first-order chi connectivity index (χ1) is 12.0. The van der Waals surface area contributed by atoms with E-state index in [2.05, 4.69) is 58.1 Å². The highest BCUT2D eigenvalue weighted by molar-refractivity contribution is 9.26. The van der Waals surface area contributed by atoms with Crippen LogP contribution in [0.15, 0.2) is 40.7 Å². The monoisotopic (exact) mass is 544 g/mol. The van der Waals surface area contributed by atoms with E-state index in [1.54, 1.807) is 24.3 Å². The van der Waals surface area contributed by atoms with Crippen LogP contribution in [0.4, 0.5) is 0 Å². The van der Waals surface area contributed by atoms with Crippen molar-refractivity contribution < 1.29 is 14.4 Å². The minimum absolute atomic E-state index is 0.0169. The zero-order valence-corrected chi connectivity index (χ0v) is 19.0. The number of alkyl halides is 3. The number of Topliss-reactive ketones (excluding diaryl/α,β-unsaturated/α-hetero) is 3. The van der Waals surface area contributed by atoms with Gasteiger partial charge in [0.1, 0.15) is 25.2 Å². The van der Waals surface area contributed by atoms with E-state index in [1.165, 1.54) is 6.92 Å². The third-order valence-corrected chi connectivity index (χ3v) is 8.34. The Morgan fingerprint density at radius 2 is 1.65 bits per heavy atom. The molecule has 8 heteroatoms. The number of hydrogen-bond donors (Lipinski definition) is 1. The van der Waals surface area contributed by atoms with E-state index < -0.39 is 13.6 Å². The van der Waals surface area contributed by atoms with Gasteiger partial charge in [0, 0.05) is 11.1 Å². The summed E-state index contributed by atoms with van der Waals surface area (Å²) in [6.07, 6.45) is 0. The second-order valence-corrected chi connectivity index (χ2v) is 11.1. The van der Waals surface area contributed by atoms with Gasteiger partial charge in [-0.15, -0.1) is 0 Å². The molecule has 2 aliphatic rings. The smallest absolute Gasteiger partial charge is 0.214 e. The molecule has 0 saturated heterocycles. The maximum Gasteiger partial charge on any atom is 0.214 e. The Kier molecular flexibility index (Phi) is 4.90. The lowest BCUT2D eigenvalue weighted by atomic mass is 9.89. The quantitative estimate of drug-likeness (QED) is 0.570. The molecule has 5 nitrogen and oxygen atoms in total. The predicted octanol–water partition coefficient (Wildman–Crippen LogP) is 3.94. The lowest BCUT2D eigenvalue weighted by Crippen LogP contribution is -2.57. The van der Waals surface area contributed by atoms with E-state index in [0.717, 1.165) is 0 Å². The maximum atomic E-state index is 13.0. The number of carbonyl (C=O) groups is 3. The van der Waals surface area contributed by atoms with Crippen LogP contribution in [0.1, 0.15) is 41.5 Å². The molecule has 1 aromatic rings. The number of ketones is 3. The molecule has 0 spiro atoms. The molecule has 136 valence electrons. The van der Waals surface area contributed by atoms with Crippen LogP contribution >= 0.6 is 47.8 Å². The highest BCUT2D eigenvalue weighted by Crippen LogP contribution is 2.45. The highest BCUT2D eigenvalue weighted by atomic mass is 79.9. The predicted molar refractivity (Wildman–Crippen MR) is 111 cm³/mol. The summed E-state index contributed by atoms with van der Waals surface area (Å²) in [6.45, 7) is 5.13. The number of fused-ring (bicyclic) bond motifs is 1. The van der Waals surface area contributed by atoms with E-state index in [1.807, 2.05) is 13.8 Å². The van der Waals surface area contributed by atoms with E-state index in [-0.39, 0.29) is 28.7 Å². The summed E-state index contributed by atoms with van der Waals surface area (Å²) < 4.78 is -0.975. The maximum absolute atomic E-state index is 13.0. The van der Waals surface area contributed by atoms with Gasteiger partial charge >= 0.3 is 0 Å². The molecule has 1 unspecified atom stereocenters. The van der Waals surface area contributed by atoms with Crippen molar-refractivity contribution in [2.45, 2.75) is 34.4 Å². The molecule has 1 aromatic carbocycles. The minimum Gasteiger partial charge on any atom is -0.372 e. The summed E-state index contributed by atoms with van der Waals surface area (Å²) in [5.74, 6) is -0.808. The molecule has 0 aromatic heterocycles. The zero-order valence-electron chi connectivity index (χ0n) is 14.2. The molecule has 0 radical (unpaired) electrons. The molecular weight excluding hydrogens is 532 g/mol. The zero-order chi connectivity index (χ0) is 19.4. The van der Waals surface area contributed by atoms with Gasteiger partial charge in [0.25, 0.3) is 0 Å². The number of halogens is 3. The van der Waals surface area contributed by atoms with Crippen molar-refractivity contribution in [3.63, 3.8) is 0 Å². The molecular formula is C18H15Br3N2O3. The number of rotatable bonds is 2. The second-order valence-electron chi connectivity index (χ2n) is 6.72. The van der Waals surface area contributed by atoms with Crippen LogP contribution in [0.3, 0.4) is 0 Å². The molecule has 0 bridgehead atoms. The van der Waals surface area contributed by atoms with Crippen LogP contribution < -0.4 is 5.32 Å². The van der Waals surface area contributed by atoms with Gasteiger partial charge in [-0.1, -0.05) is 72.1 Å². The fraction of sp³-hybridized carbons (Fsp3) is 0.333. The van der Waals surface area contributed by atoms with Crippen LogP contribution in [-0.4, -0.2) is 36.7 Å². The Balaban J connectivity index is 2.30. The van der Waals surface area contributed by atoms with Crippen LogP contribution in [0.25, 0.3) is 0 Å². The Labute approximate surface area is 176 Å². The van der Waals surface area contributed by atoms with Gasteiger partial charge in [0.2, 0.25) is 11.6 Å². The second kappa shape index (κ2) is 6.49. The number of nitrogens with one attached hydrogen (secondary N) is 1. The lowest BCUT2D eigenvalue weighted by Gasteiger charge is -2.40. The third kappa shape index (κ3) is 2.86. The number of aliphatic imine (C=N–C) groups is 1. The topological polar surface area (TPSA) is 75.6 Å². The molecule has 0 saturated carbocycles. The first-order valence-corrected chi connectivity index (χ1v) is 10.3. The van der Waals surface area contributed by atoms with Crippen LogP contribution in [-0.2, 0) is 4.79 Å². The summed E-state index contributed by atoms with van der Waals surface area (Å²) in [7, 11) is 0. The summed E-state index contributed by atoms with van der Waals surface area (Å²) in [4.78, 5) is 41.8. The van der Waals surface area contributed by atoms with E-state index in [4.69, 9.17) is 0 Å². The van der Waals surface area contributed by atoms with Crippen LogP contribution in [0.2, 0.25) is 0 Å². The van der Waals surface area contributed by atoms with Gasteiger partial charge in [-0.25, -0.2) is 4.99 Å². The van der Waals surface area contributed by atoms with Gasteiger partial charge in [-0.05, 0) is 20.8 Å². The highest BCUT2D eigenvalue weighted by Gasteiger charge is 2.52. The van der Waals surface area contributed by atoms with Crippen molar-refractivity contribution in [2.75, 3.05) is 0 Å². The van der Waals surface area contributed by atoms with Crippen molar-refractivity contribution in [1.29, 1.82) is 0 Å². The Hall–Kier alpha value is -1.12. The van der Waals surface area contributed by atoms with Crippen molar-refractivity contribution >= 4 is 70.9 Å². The summed E-state index contributed by atoms with van der Waals surface area (Å²) >= 11 is 10.6. The van der Waals surface area contributed by atoms with E-state index in [0.29, 0.717) is 16.8 Å². The average molecular weight is 547 g/mol. The molecule has 1 atom stereocenters. The number of hydrogen-bond acceptors (Lipinski definition) is 5. The first-order valence-electron chi connectivity index (χ1n) is 7.81. The van der Waals surface area contributed by atoms with Gasteiger partial charge in [0.15, 0.2) is 0 Å². The molecule has 1 heterocycles. The SMILES string of the molecule is CC(=O)C(Br)C1=NC2=C(NC(C)(C)C1(Br)Br)C(=O)c1ccccc1C2=O. The first kappa shape index (κ1) is 19.6. The molecule has 26 heavy (non-hydrogen) atoms. The number of carbonyl (C=O) groups excluding carboxylic acids is 3. The van der Waals surface area contributed by atoms with Gasteiger partial charge in [0.05, 0.1) is 11.3 Å². The largest absolute Gasteiger partial charge is 0.372 e. The molecule has 0 amide bonds. The number of nitrogens with zero attached hydrogens (tertiary/aromatic N) is 1. The number of benzene rings is 1. The van der Waals surface area contributed by atoms with Crippen molar-refractivity contribution in [2.24, 2.45) is 4.99 Å². The molecule has 1 N–H and O–H groups in total. The fourth-order valence-corrected chi connectivity index (χ4v) is 4.79. The Bertz CT molecular complexity index is 916. The van der Waals surface area contributed by atoms with Crippen molar-refractivity contribution in [3.05, 3.63) is 46.8 Å². The summed E-state index contributed by atoms with van der Waals surface area (Å²) in [5, 5.41) is 3.16. The molecule has 1 aliphatic carbocycles. The molecule has 1 aliphatic heterocycles. The van der Waals surface area contributed by atoms with Crippen LogP contribution in [0.5, 0.6) is 0 Å². The summed E-state index contributed by atoms with van der Waals surface area (Å²) in [5.41, 5.74) is 0.392. The minimum atomic E-state index is -0.975. The Morgan fingerprint density at radius 3 is 2.19 bits per heavy atom. The van der Waals surface area contributed by atoms with E-state index >= 15 is 0 Å². The normalized spacial score (nSPS) is 21.8. The molecule has 3 rings (SSSR count). The summed E-state index contributed by atoms with van der Waals surface area (Å²) in [6, 6.07) is 6.66. The van der Waals surface area contributed by atoms with Crippen molar-refractivity contribution in [3.8, 4) is 0 Å². The standard InChI is InChI=1S/C18H15Br3N2O3/c1-8(24)11(19)16-18(20,21)17(2,3)23-13-12(22-16)14(25)9-6-4-5-7-10(9)15(13)26/h4-7,11,23H,1-3H3. The Morgan fingerprint density at radius 1 is 1.12 bits per heavy atom. The van der Waals surface area contributed by atoms with Gasteiger partial charge in [-0.3, -0.25) is 14.4 Å². The van der Waals surface area contributed by atoms with Gasteiger partial charge in [-0.2, -0.15) is 0 Å². The van der Waals surface area contributed by atoms with E-state index in [9.17, 15) is 14.4 Å².